The van der Waals surface area contributed by atoms with Crippen LogP contribution in [-0.2, 0) is 0 Å². The number of nitrogens with two attached hydrogens (primary N) is 1. The van der Waals surface area contributed by atoms with Crippen LogP contribution in [0.2, 0.25) is 0 Å². The van der Waals surface area contributed by atoms with E-state index in [1.807, 2.05) is 13.8 Å². The SMILES string of the molecule is CC(C)(CN)NC(=O)c1cc(-c2ccco2)[nH]n1.Cl. The highest BCUT2D eigenvalue weighted by Crippen LogP contribution is 2.17. The summed E-state index contributed by atoms with van der Waals surface area (Å²) in [5.41, 5.74) is 6.07. The Balaban J connectivity index is 0.00000180. The highest BCUT2D eigenvalue weighted by molar-refractivity contribution is 5.93. The lowest BCUT2D eigenvalue weighted by Gasteiger charge is -2.23. The number of carbonyl (C=O) groups is 1. The number of aromatic nitrogens is 2. The summed E-state index contributed by atoms with van der Waals surface area (Å²) in [4.78, 5) is 11.9. The molecule has 2 heterocycles. The molecule has 0 atom stereocenters. The Morgan fingerprint density at radius 1 is 1.58 bits per heavy atom. The zero-order valence-corrected chi connectivity index (χ0v) is 11.6. The summed E-state index contributed by atoms with van der Waals surface area (Å²) in [6.07, 6.45) is 1.56. The topological polar surface area (TPSA) is 96.9 Å². The molecule has 19 heavy (non-hydrogen) atoms. The first-order valence-corrected chi connectivity index (χ1v) is 5.64. The van der Waals surface area contributed by atoms with Crippen molar-refractivity contribution in [3.05, 3.63) is 30.2 Å². The van der Waals surface area contributed by atoms with Crippen molar-refractivity contribution in [3.8, 4) is 11.5 Å². The van der Waals surface area contributed by atoms with Crippen LogP contribution >= 0.6 is 12.4 Å². The van der Waals surface area contributed by atoms with Crippen molar-refractivity contribution >= 4 is 18.3 Å². The van der Waals surface area contributed by atoms with E-state index in [9.17, 15) is 4.79 Å². The summed E-state index contributed by atoms with van der Waals surface area (Å²) in [7, 11) is 0. The van der Waals surface area contributed by atoms with Crippen LogP contribution in [0.1, 0.15) is 24.3 Å². The quantitative estimate of drug-likeness (QED) is 0.794. The average molecular weight is 285 g/mol. The van der Waals surface area contributed by atoms with Crippen LogP contribution in [0, 0.1) is 0 Å². The second-order valence-electron chi connectivity index (χ2n) is 4.69. The molecule has 2 aromatic heterocycles. The second kappa shape index (κ2) is 5.90. The molecule has 104 valence electrons. The lowest BCUT2D eigenvalue weighted by atomic mass is 10.1. The summed E-state index contributed by atoms with van der Waals surface area (Å²) >= 11 is 0. The summed E-state index contributed by atoms with van der Waals surface area (Å²) < 4.78 is 5.21. The first kappa shape index (κ1) is 15.3. The van der Waals surface area contributed by atoms with Gasteiger partial charge in [0.05, 0.1) is 6.26 Å². The lowest BCUT2D eigenvalue weighted by molar-refractivity contribution is 0.0910. The minimum atomic E-state index is -0.457. The van der Waals surface area contributed by atoms with Gasteiger partial charge in [0.15, 0.2) is 11.5 Å². The molecule has 0 aliphatic carbocycles. The number of hydrogen-bond donors (Lipinski definition) is 3. The van der Waals surface area contributed by atoms with Gasteiger partial charge in [-0.2, -0.15) is 5.10 Å². The average Bonchev–Trinajstić information content (AvgIpc) is 2.99. The van der Waals surface area contributed by atoms with Crippen molar-refractivity contribution in [1.82, 2.24) is 15.5 Å². The first-order valence-electron chi connectivity index (χ1n) is 5.64. The van der Waals surface area contributed by atoms with E-state index in [0.29, 0.717) is 23.7 Å². The molecule has 6 nitrogen and oxygen atoms in total. The summed E-state index contributed by atoms with van der Waals surface area (Å²) in [6, 6.07) is 5.20. The fraction of sp³-hybridized carbons (Fsp3) is 0.333. The molecular formula is C12H17ClN4O2. The Morgan fingerprint density at radius 3 is 2.89 bits per heavy atom. The monoisotopic (exact) mass is 284 g/mol. The van der Waals surface area contributed by atoms with Crippen LogP contribution in [0.15, 0.2) is 28.9 Å². The molecule has 0 radical (unpaired) electrons. The standard InChI is InChI=1S/C12H16N4O2.ClH/c1-12(2,7-13)14-11(17)9-6-8(15-16-9)10-4-3-5-18-10;/h3-6H,7,13H2,1-2H3,(H,14,17)(H,15,16);1H. The van der Waals surface area contributed by atoms with E-state index in [4.69, 9.17) is 10.2 Å². The minimum Gasteiger partial charge on any atom is -0.463 e. The second-order valence-corrected chi connectivity index (χ2v) is 4.69. The molecule has 0 unspecified atom stereocenters. The van der Waals surface area contributed by atoms with Crippen molar-refractivity contribution in [1.29, 1.82) is 0 Å². The molecule has 0 aliphatic rings. The van der Waals surface area contributed by atoms with E-state index in [1.165, 1.54) is 0 Å². The zero-order chi connectivity index (χ0) is 13.2. The molecule has 0 aliphatic heterocycles. The van der Waals surface area contributed by atoms with Gasteiger partial charge in [-0.05, 0) is 26.0 Å². The highest BCUT2D eigenvalue weighted by atomic mass is 35.5. The maximum absolute atomic E-state index is 11.9. The van der Waals surface area contributed by atoms with Crippen LogP contribution < -0.4 is 11.1 Å². The predicted molar refractivity (Wildman–Crippen MR) is 74.1 cm³/mol. The van der Waals surface area contributed by atoms with Gasteiger partial charge in [-0.15, -0.1) is 12.4 Å². The molecule has 0 bridgehead atoms. The maximum Gasteiger partial charge on any atom is 0.272 e. The number of amides is 1. The first-order chi connectivity index (χ1) is 8.52. The smallest absolute Gasteiger partial charge is 0.272 e. The van der Waals surface area contributed by atoms with Gasteiger partial charge in [0.1, 0.15) is 5.69 Å². The number of rotatable bonds is 4. The van der Waals surface area contributed by atoms with Gasteiger partial charge in [-0.1, -0.05) is 0 Å². The number of H-pyrrole nitrogens is 1. The Kier molecular flexibility index (Phi) is 4.74. The molecule has 2 aromatic rings. The zero-order valence-electron chi connectivity index (χ0n) is 10.8. The van der Waals surface area contributed by atoms with Crippen LogP contribution in [0.5, 0.6) is 0 Å². The van der Waals surface area contributed by atoms with Crippen molar-refractivity contribution in [3.63, 3.8) is 0 Å². The van der Waals surface area contributed by atoms with Crippen molar-refractivity contribution in [2.75, 3.05) is 6.54 Å². The van der Waals surface area contributed by atoms with E-state index < -0.39 is 5.54 Å². The summed E-state index contributed by atoms with van der Waals surface area (Å²) in [6.45, 7) is 4.06. The third kappa shape index (κ3) is 3.59. The minimum absolute atomic E-state index is 0. The molecule has 7 heteroatoms. The van der Waals surface area contributed by atoms with E-state index in [2.05, 4.69) is 15.5 Å². The Bertz CT molecular complexity index is 534. The van der Waals surface area contributed by atoms with Gasteiger partial charge in [0.2, 0.25) is 0 Å². The normalized spacial score (nSPS) is 10.9. The predicted octanol–water partition coefficient (Wildman–Crippen LogP) is 1.56. The van der Waals surface area contributed by atoms with Crippen LogP contribution in [-0.4, -0.2) is 28.2 Å². The third-order valence-electron chi connectivity index (χ3n) is 2.56. The van der Waals surface area contributed by atoms with Gasteiger partial charge < -0.3 is 15.5 Å². The number of furan rings is 1. The van der Waals surface area contributed by atoms with Gasteiger partial charge in [0, 0.05) is 18.2 Å². The van der Waals surface area contributed by atoms with Gasteiger partial charge >= 0.3 is 0 Å². The number of halogens is 1. The number of hydrogen-bond acceptors (Lipinski definition) is 4. The van der Waals surface area contributed by atoms with E-state index in [1.54, 1.807) is 24.5 Å². The van der Waals surface area contributed by atoms with Gasteiger partial charge in [-0.25, -0.2) is 0 Å². The summed E-state index contributed by atoms with van der Waals surface area (Å²) in [5.74, 6) is 0.374. The Morgan fingerprint density at radius 2 is 2.32 bits per heavy atom. The maximum atomic E-state index is 11.9. The molecule has 0 aromatic carbocycles. The number of nitrogens with one attached hydrogen (secondary N) is 2. The highest BCUT2D eigenvalue weighted by Gasteiger charge is 2.21. The van der Waals surface area contributed by atoms with E-state index >= 15 is 0 Å². The molecule has 0 saturated carbocycles. The number of carbonyl (C=O) groups excluding carboxylic acids is 1. The summed E-state index contributed by atoms with van der Waals surface area (Å²) in [5, 5.41) is 9.51. The van der Waals surface area contributed by atoms with Crippen LogP contribution in [0.4, 0.5) is 0 Å². The fourth-order valence-corrected chi connectivity index (χ4v) is 1.42. The van der Waals surface area contributed by atoms with Crippen LogP contribution in [0.25, 0.3) is 11.5 Å². The largest absolute Gasteiger partial charge is 0.463 e. The van der Waals surface area contributed by atoms with E-state index in [-0.39, 0.29) is 18.3 Å². The molecule has 1 amide bonds. The van der Waals surface area contributed by atoms with Crippen molar-refractivity contribution in [2.45, 2.75) is 19.4 Å². The number of nitrogens with zero attached hydrogens (tertiary/aromatic N) is 1. The Hall–Kier alpha value is -1.79. The molecular weight excluding hydrogens is 268 g/mol. The molecule has 0 fully saturated rings. The van der Waals surface area contributed by atoms with Gasteiger partial charge in [0.25, 0.3) is 5.91 Å². The Labute approximate surface area is 117 Å². The van der Waals surface area contributed by atoms with Gasteiger partial charge in [-0.3, -0.25) is 9.89 Å². The van der Waals surface area contributed by atoms with Crippen LogP contribution in [0.3, 0.4) is 0 Å². The van der Waals surface area contributed by atoms with Crippen molar-refractivity contribution in [2.24, 2.45) is 5.73 Å². The molecule has 0 spiro atoms. The lowest BCUT2D eigenvalue weighted by Crippen LogP contribution is -2.48. The molecule has 4 N–H and O–H groups in total. The van der Waals surface area contributed by atoms with E-state index in [0.717, 1.165) is 0 Å². The fourth-order valence-electron chi connectivity index (χ4n) is 1.42. The third-order valence-corrected chi connectivity index (χ3v) is 2.56. The number of aromatic amines is 1. The molecule has 2 rings (SSSR count). The molecule has 0 saturated heterocycles. The van der Waals surface area contributed by atoms with Crippen molar-refractivity contribution < 1.29 is 9.21 Å².